The lowest BCUT2D eigenvalue weighted by molar-refractivity contribution is 0.154. The zero-order valence-electron chi connectivity index (χ0n) is 11.3. The van der Waals surface area contributed by atoms with Crippen molar-refractivity contribution in [1.82, 2.24) is 9.88 Å². The van der Waals surface area contributed by atoms with E-state index in [2.05, 4.69) is 18.8 Å². The van der Waals surface area contributed by atoms with Crippen LogP contribution in [0.2, 0.25) is 0 Å². The van der Waals surface area contributed by atoms with Crippen molar-refractivity contribution in [3.63, 3.8) is 0 Å². The first-order valence-corrected chi connectivity index (χ1v) is 6.54. The molecule has 102 valence electrons. The molecule has 0 fully saturated rings. The SMILES string of the molecule is CC(C)Cc1cccc(CN(CCO)CCO)n1. The van der Waals surface area contributed by atoms with Crippen molar-refractivity contribution in [3.8, 4) is 0 Å². The highest BCUT2D eigenvalue weighted by molar-refractivity contribution is 5.11. The van der Waals surface area contributed by atoms with Crippen molar-refractivity contribution < 1.29 is 10.2 Å². The number of hydrogen-bond acceptors (Lipinski definition) is 4. The van der Waals surface area contributed by atoms with E-state index in [1.165, 1.54) is 0 Å². The number of rotatable bonds is 8. The van der Waals surface area contributed by atoms with Gasteiger partial charge in [0.1, 0.15) is 0 Å². The highest BCUT2D eigenvalue weighted by atomic mass is 16.3. The molecule has 1 rings (SSSR count). The van der Waals surface area contributed by atoms with Crippen LogP contribution < -0.4 is 0 Å². The number of hydrogen-bond donors (Lipinski definition) is 2. The Balaban J connectivity index is 2.64. The van der Waals surface area contributed by atoms with Crippen LogP contribution in [0.5, 0.6) is 0 Å². The van der Waals surface area contributed by atoms with Gasteiger partial charge in [-0.3, -0.25) is 9.88 Å². The van der Waals surface area contributed by atoms with E-state index in [-0.39, 0.29) is 13.2 Å². The van der Waals surface area contributed by atoms with E-state index in [0.29, 0.717) is 25.6 Å². The lowest BCUT2D eigenvalue weighted by atomic mass is 10.1. The number of nitrogens with zero attached hydrogens (tertiary/aromatic N) is 2. The van der Waals surface area contributed by atoms with Crippen LogP contribution in [0.25, 0.3) is 0 Å². The van der Waals surface area contributed by atoms with Crippen molar-refractivity contribution in [3.05, 3.63) is 29.6 Å². The Morgan fingerprint density at radius 2 is 1.72 bits per heavy atom. The van der Waals surface area contributed by atoms with E-state index in [0.717, 1.165) is 17.8 Å². The van der Waals surface area contributed by atoms with Gasteiger partial charge in [-0.15, -0.1) is 0 Å². The fourth-order valence-corrected chi connectivity index (χ4v) is 1.93. The van der Waals surface area contributed by atoms with Gasteiger partial charge in [-0.05, 0) is 24.5 Å². The molecule has 0 atom stereocenters. The van der Waals surface area contributed by atoms with Crippen LogP contribution >= 0.6 is 0 Å². The molecule has 0 aliphatic carbocycles. The fourth-order valence-electron chi connectivity index (χ4n) is 1.93. The zero-order chi connectivity index (χ0) is 13.4. The van der Waals surface area contributed by atoms with Crippen LogP contribution in [0.1, 0.15) is 25.2 Å². The Kier molecular flexibility index (Phi) is 6.86. The maximum Gasteiger partial charge on any atom is 0.0558 e. The molecule has 0 unspecified atom stereocenters. The van der Waals surface area contributed by atoms with Gasteiger partial charge in [0.05, 0.1) is 18.9 Å². The predicted octanol–water partition coefficient (Wildman–Crippen LogP) is 1.07. The minimum Gasteiger partial charge on any atom is -0.395 e. The van der Waals surface area contributed by atoms with Crippen molar-refractivity contribution in [2.75, 3.05) is 26.3 Å². The van der Waals surface area contributed by atoms with Crippen LogP contribution in [-0.2, 0) is 13.0 Å². The quantitative estimate of drug-likeness (QED) is 0.726. The Morgan fingerprint density at radius 3 is 2.28 bits per heavy atom. The van der Waals surface area contributed by atoms with Gasteiger partial charge in [0, 0.05) is 25.3 Å². The molecule has 0 aromatic carbocycles. The summed E-state index contributed by atoms with van der Waals surface area (Å²) in [5.74, 6) is 0.596. The molecule has 0 aliphatic heterocycles. The standard InChI is InChI=1S/C14H24N2O2/c1-12(2)10-13-4-3-5-14(15-13)11-16(6-8-17)7-9-18/h3-5,12,17-18H,6-11H2,1-2H3. The first kappa shape index (κ1) is 15.1. The van der Waals surface area contributed by atoms with Crippen LogP contribution in [0, 0.1) is 5.92 Å². The number of aromatic nitrogens is 1. The summed E-state index contributed by atoms with van der Waals surface area (Å²) in [6, 6.07) is 6.06. The first-order valence-electron chi connectivity index (χ1n) is 6.54. The van der Waals surface area contributed by atoms with Crippen molar-refractivity contribution in [2.45, 2.75) is 26.8 Å². The monoisotopic (exact) mass is 252 g/mol. The molecule has 18 heavy (non-hydrogen) atoms. The lowest BCUT2D eigenvalue weighted by Gasteiger charge is -2.19. The van der Waals surface area contributed by atoms with Gasteiger partial charge in [-0.1, -0.05) is 19.9 Å². The predicted molar refractivity (Wildman–Crippen MR) is 72.2 cm³/mol. The zero-order valence-corrected chi connectivity index (χ0v) is 11.3. The average Bonchev–Trinajstić information content (AvgIpc) is 2.29. The summed E-state index contributed by atoms with van der Waals surface area (Å²) in [6.45, 7) is 6.37. The van der Waals surface area contributed by atoms with Gasteiger partial charge >= 0.3 is 0 Å². The van der Waals surface area contributed by atoms with Crippen molar-refractivity contribution in [1.29, 1.82) is 0 Å². The summed E-state index contributed by atoms with van der Waals surface area (Å²) in [4.78, 5) is 6.61. The topological polar surface area (TPSA) is 56.6 Å². The summed E-state index contributed by atoms with van der Waals surface area (Å²) in [7, 11) is 0. The molecule has 4 nitrogen and oxygen atoms in total. The number of aliphatic hydroxyl groups is 2. The second-order valence-corrected chi connectivity index (χ2v) is 4.94. The maximum atomic E-state index is 8.97. The van der Waals surface area contributed by atoms with Gasteiger partial charge < -0.3 is 10.2 Å². The van der Waals surface area contributed by atoms with Crippen LogP contribution in [0.15, 0.2) is 18.2 Å². The van der Waals surface area contributed by atoms with Gasteiger partial charge in [-0.2, -0.15) is 0 Å². The smallest absolute Gasteiger partial charge is 0.0558 e. The minimum absolute atomic E-state index is 0.103. The highest BCUT2D eigenvalue weighted by Crippen LogP contribution is 2.08. The van der Waals surface area contributed by atoms with E-state index in [1.807, 2.05) is 23.1 Å². The van der Waals surface area contributed by atoms with E-state index in [1.54, 1.807) is 0 Å². The normalized spacial score (nSPS) is 11.4. The second-order valence-electron chi connectivity index (χ2n) is 4.94. The van der Waals surface area contributed by atoms with Gasteiger partial charge in [0.25, 0.3) is 0 Å². The molecule has 1 aromatic heterocycles. The Morgan fingerprint density at radius 1 is 1.11 bits per heavy atom. The maximum absolute atomic E-state index is 8.97. The Labute approximate surface area is 109 Å². The summed E-state index contributed by atoms with van der Waals surface area (Å²) in [6.07, 6.45) is 0.980. The van der Waals surface area contributed by atoms with Gasteiger partial charge in [0.15, 0.2) is 0 Å². The molecule has 0 radical (unpaired) electrons. The Bertz CT molecular complexity index is 336. The minimum atomic E-state index is 0.103. The van der Waals surface area contributed by atoms with Crippen LogP contribution in [0.4, 0.5) is 0 Å². The largest absolute Gasteiger partial charge is 0.395 e. The lowest BCUT2D eigenvalue weighted by Crippen LogP contribution is -2.29. The van der Waals surface area contributed by atoms with Crippen LogP contribution in [0.3, 0.4) is 0 Å². The first-order chi connectivity index (χ1) is 8.65. The molecule has 1 heterocycles. The third-order valence-corrected chi connectivity index (χ3v) is 2.70. The molecule has 0 bridgehead atoms. The molecule has 0 spiro atoms. The molecule has 2 N–H and O–H groups in total. The third kappa shape index (κ3) is 5.58. The average molecular weight is 252 g/mol. The van der Waals surface area contributed by atoms with E-state index >= 15 is 0 Å². The summed E-state index contributed by atoms with van der Waals surface area (Å²) >= 11 is 0. The molecular formula is C14H24N2O2. The van der Waals surface area contributed by atoms with E-state index in [4.69, 9.17) is 10.2 Å². The molecule has 0 amide bonds. The van der Waals surface area contributed by atoms with Crippen LogP contribution in [-0.4, -0.2) is 46.4 Å². The molecule has 4 heteroatoms. The number of pyridine rings is 1. The molecular weight excluding hydrogens is 228 g/mol. The van der Waals surface area contributed by atoms with E-state index in [9.17, 15) is 0 Å². The Hall–Kier alpha value is -0.970. The number of aliphatic hydroxyl groups excluding tert-OH is 2. The third-order valence-electron chi connectivity index (χ3n) is 2.70. The molecule has 0 saturated heterocycles. The van der Waals surface area contributed by atoms with Gasteiger partial charge in [-0.25, -0.2) is 0 Å². The molecule has 0 aliphatic rings. The molecule has 0 saturated carbocycles. The summed E-state index contributed by atoms with van der Waals surface area (Å²) < 4.78 is 0. The summed E-state index contributed by atoms with van der Waals surface area (Å²) in [5.41, 5.74) is 2.10. The summed E-state index contributed by atoms with van der Waals surface area (Å²) in [5, 5.41) is 17.9. The fraction of sp³-hybridized carbons (Fsp3) is 0.643. The van der Waals surface area contributed by atoms with Crippen molar-refractivity contribution in [2.24, 2.45) is 5.92 Å². The molecule has 1 aromatic rings. The van der Waals surface area contributed by atoms with E-state index < -0.39 is 0 Å². The highest BCUT2D eigenvalue weighted by Gasteiger charge is 2.07. The van der Waals surface area contributed by atoms with Crippen molar-refractivity contribution >= 4 is 0 Å². The second kappa shape index (κ2) is 8.19. The van der Waals surface area contributed by atoms with Gasteiger partial charge in [0.2, 0.25) is 0 Å².